The summed E-state index contributed by atoms with van der Waals surface area (Å²) in [6.45, 7) is 8.51. The lowest BCUT2D eigenvalue weighted by atomic mass is 9.95. The van der Waals surface area contributed by atoms with E-state index in [0.29, 0.717) is 13.0 Å². The van der Waals surface area contributed by atoms with Crippen LogP contribution in [0.1, 0.15) is 40.2 Å². The van der Waals surface area contributed by atoms with Crippen LogP contribution in [0.5, 0.6) is 5.75 Å². The summed E-state index contributed by atoms with van der Waals surface area (Å²) in [6, 6.07) is 11.8. The van der Waals surface area contributed by atoms with Gasteiger partial charge in [-0.2, -0.15) is 0 Å². The Labute approximate surface area is 137 Å². The molecule has 3 nitrogen and oxygen atoms in total. The molecule has 1 atom stereocenters. The molecule has 0 heterocycles. The first-order chi connectivity index (χ1) is 10.9. The average Bonchev–Trinajstić information content (AvgIpc) is 2.49. The van der Waals surface area contributed by atoms with Crippen LogP contribution in [0, 0.1) is 27.7 Å². The summed E-state index contributed by atoms with van der Waals surface area (Å²) in [5.74, 6) is -0.516. The van der Waals surface area contributed by atoms with E-state index in [1.54, 1.807) is 0 Å². The van der Waals surface area contributed by atoms with Crippen LogP contribution in [0.2, 0.25) is 0 Å². The Kier molecular flexibility index (Phi) is 5.43. The van der Waals surface area contributed by atoms with E-state index < -0.39 is 11.9 Å². The summed E-state index contributed by atoms with van der Waals surface area (Å²) in [5.41, 5.74) is 5.44. The molecule has 0 aliphatic carbocycles. The van der Waals surface area contributed by atoms with Crippen molar-refractivity contribution in [1.82, 2.24) is 0 Å². The highest BCUT2D eigenvalue weighted by Crippen LogP contribution is 2.25. The van der Waals surface area contributed by atoms with Crippen molar-refractivity contribution in [3.05, 3.63) is 64.2 Å². The Balaban J connectivity index is 2.04. The lowest BCUT2D eigenvalue weighted by Gasteiger charge is -2.15. The molecule has 122 valence electrons. The van der Waals surface area contributed by atoms with Crippen molar-refractivity contribution in [2.75, 3.05) is 6.61 Å². The second-order valence-corrected chi connectivity index (χ2v) is 6.14. The molecule has 1 unspecified atom stereocenters. The number of carboxylic acid groups (broad SMARTS) is 1. The molecule has 0 saturated heterocycles. The Morgan fingerprint density at radius 3 is 2.22 bits per heavy atom. The first-order valence-corrected chi connectivity index (χ1v) is 7.88. The van der Waals surface area contributed by atoms with Gasteiger partial charge in [-0.1, -0.05) is 35.9 Å². The Bertz CT molecular complexity index is 687. The van der Waals surface area contributed by atoms with E-state index in [9.17, 15) is 9.90 Å². The third-order valence-electron chi connectivity index (χ3n) is 4.23. The van der Waals surface area contributed by atoms with Crippen molar-refractivity contribution in [1.29, 1.82) is 0 Å². The number of ether oxygens (including phenoxy) is 1. The Morgan fingerprint density at radius 1 is 1.00 bits per heavy atom. The summed E-state index contributed by atoms with van der Waals surface area (Å²) < 4.78 is 5.84. The third kappa shape index (κ3) is 4.35. The molecule has 0 aromatic heterocycles. The number of carbonyl (C=O) groups is 1. The number of carboxylic acids is 1. The summed E-state index contributed by atoms with van der Waals surface area (Å²) in [6.07, 6.45) is 0.449. The van der Waals surface area contributed by atoms with Crippen molar-refractivity contribution in [3.8, 4) is 5.75 Å². The van der Waals surface area contributed by atoms with Crippen LogP contribution in [0.4, 0.5) is 0 Å². The van der Waals surface area contributed by atoms with Crippen LogP contribution < -0.4 is 4.74 Å². The van der Waals surface area contributed by atoms with Gasteiger partial charge in [0.25, 0.3) is 0 Å². The molecule has 0 aliphatic heterocycles. The number of benzene rings is 2. The molecule has 1 N–H and O–H groups in total. The molecule has 0 bridgehead atoms. The van der Waals surface area contributed by atoms with Crippen LogP contribution in [0.25, 0.3) is 0 Å². The minimum Gasteiger partial charge on any atom is -0.493 e. The number of aliphatic carboxylic acids is 1. The van der Waals surface area contributed by atoms with Gasteiger partial charge in [-0.15, -0.1) is 0 Å². The Morgan fingerprint density at radius 2 is 1.61 bits per heavy atom. The van der Waals surface area contributed by atoms with Gasteiger partial charge < -0.3 is 9.84 Å². The molecule has 0 amide bonds. The zero-order valence-electron chi connectivity index (χ0n) is 14.2. The topological polar surface area (TPSA) is 46.5 Å². The first kappa shape index (κ1) is 17.1. The van der Waals surface area contributed by atoms with Gasteiger partial charge in [0.2, 0.25) is 0 Å². The van der Waals surface area contributed by atoms with Crippen molar-refractivity contribution in [2.45, 2.75) is 40.0 Å². The standard InChI is InChI=1S/C20H24O3/c1-13-5-7-17(8-6-13)18(20(21)22)9-10-23-19-12-15(3)14(2)11-16(19)4/h5-8,11-12,18H,9-10H2,1-4H3,(H,21,22). The maximum absolute atomic E-state index is 11.5. The highest BCUT2D eigenvalue weighted by Gasteiger charge is 2.19. The van der Waals surface area contributed by atoms with Gasteiger partial charge in [-0.25, -0.2) is 0 Å². The largest absolute Gasteiger partial charge is 0.493 e. The van der Waals surface area contributed by atoms with E-state index in [4.69, 9.17) is 4.74 Å². The first-order valence-electron chi connectivity index (χ1n) is 7.88. The molecular weight excluding hydrogens is 288 g/mol. The number of hydrogen-bond donors (Lipinski definition) is 1. The van der Waals surface area contributed by atoms with Crippen LogP contribution >= 0.6 is 0 Å². The molecule has 23 heavy (non-hydrogen) atoms. The van der Waals surface area contributed by atoms with Crippen molar-refractivity contribution >= 4 is 5.97 Å². The number of hydrogen-bond acceptors (Lipinski definition) is 2. The highest BCUT2D eigenvalue weighted by atomic mass is 16.5. The molecular formula is C20H24O3. The molecule has 2 rings (SSSR count). The van der Waals surface area contributed by atoms with E-state index in [2.05, 4.69) is 13.0 Å². The van der Waals surface area contributed by atoms with E-state index in [1.807, 2.05) is 51.1 Å². The molecule has 0 aliphatic rings. The van der Waals surface area contributed by atoms with Crippen molar-refractivity contribution in [2.24, 2.45) is 0 Å². The third-order valence-corrected chi connectivity index (χ3v) is 4.23. The lowest BCUT2D eigenvalue weighted by molar-refractivity contribution is -0.139. The molecule has 2 aromatic carbocycles. The second kappa shape index (κ2) is 7.32. The molecule has 2 aromatic rings. The summed E-state index contributed by atoms with van der Waals surface area (Å²) in [5, 5.41) is 9.47. The van der Waals surface area contributed by atoms with Crippen LogP contribution in [0.15, 0.2) is 36.4 Å². The molecule has 0 spiro atoms. The Hall–Kier alpha value is -2.29. The van der Waals surface area contributed by atoms with Crippen LogP contribution in [-0.2, 0) is 4.79 Å². The van der Waals surface area contributed by atoms with Crippen LogP contribution in [-0.4, -0.2) is 17.7 Å². The predicted octanol–water partition coefficient (Wildman–Crippen LogP) is 4.56. The summed E-state index contributed by atoms with van der Waals surface area (Å²) >= 11 is 0. The molecule has 3 heteroatoms. The maximum Gasteiger partial charge on any atom is 0.311 e. The fraction of sp³-hybridized carbons (Fsp3) is 0.350. The fourth-order valence-corrected chi connectivity index (χ4v) is 2.61. The lowest BCUT2D eigenvalue weighted by Crippen LogP contribution is -2.15. The molecule has 0 radical (unpaired) electrons. The SMILES string of the molecule is Cc1ccc(C(CCOc2cc(C)c(C)cc2C)C(=O)O)cc1. The van der Waals surface area contributed by atoms with E-state index in [-0.39, 0.29) is 0 Å². The second-order valence-electron chi connectivity index (χ2n) is 6.14. The average molecular weight is 312 g/mol. The molecule has 0 saturated carbocycles. The van der Waals surface area contributed by atoms with Gasteiger partial charge in [-0.05, 0) is 62.4 Å². The number of rotatable bonds is 6. The van der Waals surface area contributed by atoms with Gasteiger partial charge in [0.15, 0.2) is 0 Å². The van der Waals surface area contributed by atoms with Gasteiger partial charge in [0.05, 0.1) is 12.5 Å². The summed E-state index contributed by atoms with van der Waals surface area (Å²) in [7, 11) is 0. The zero-order chi connectivity index (χ0) is 17.0. The minimum absolute atomic E-state index is 0.383. The van der Waals surface area contributed by atoms with Gasteiger partial charge >= 0.3 is 5.97 Å². The zero-order valence-corrected chi connectivity index (χ0v) is 14.2. The van der Waals surface area contributed by atoms with Gasteiger partial charge in [-0.3, -0.25) is 4.79 Å². The van der Waals surface area contributed by atoms with Crippen LogP contribution in [0.3, 0.4) is 0 Å². The predicted molar refractivity (Wildman–Crippen MR) is 92.3 cm³/mol. The quantitative estimate of drug-likeness (QED) is 0.850. The van der Waals surface area contributed by atoms with E-state index in [0.717, 1.165) is 22.4 Å². The maximum atomic E-state index is 11.5. The van der Waals surface area contributed by atoms with Gasteiger partial charge in [0.1, 0.15) is 5.75 Å². The van der Waals surface area contributed by atoms with E-state index >= 15 is 0 Å². The highest BCUT2D eigenvalue weighted by molar-refractivity contribution is 5.76. The monoisotopic (exact) mass is 312 g/mol. The molecule has 0 fully saturated rings. The minimum atomic E-state index is -0.811. The van der Waals surface area contributed by atoms with Crippen molar-refractivity contribution in [3.63, 3.8) is 0 Å². The number of aryl methyl sites for hydroxylation is 4. The smallest absolute Gasteiger partial charge is 0.311 e. The normalized spacial score (nSPS) is 12.0. The van der Waals surface area contributed by atoms with Crippen molar-refractivity contribution < 1.29 is 14.6 Å². The summed E-state index contributed by atoms with van der Waals surface area (Å²) in [4.78, 5) is 11.5. The van der Waals surface area contributed by atoms with E-state index in [1.165, 1.54) is 11.1 Å². The van der Waals surface area contributed by atoms with Gasteiger partial charge in [0, 0.05) is 0 Å². The fourth-order valence-electron chi connectivity index (χ4n) is 2.61.